The molecule has 1 aliphatic heterocycles. The van der Waals surface area contributed by atoms with E-state index in [1.165, 1.54) is 6.42 Å². The topological polar surface area (TPSA) is 46.5 Å². The maximum absolute atomic E-state index is 9.63. The summed E-state index contributed by atoms with van der Waals surface area (Å²) < 4.78 is 4.50. The van der Waals surface area contributed by atoms with Gasteiger partial charge in [0.25, 0.3) is 0 Å². The summed E-state index contributed by atoms with van der Waals surface area (Å²) in [5.41, 5.74) is 0. The molecular formula is C9H20O3Si. The van der Waals surface area contributed by atoms with Gasteiger partial charge < -0.3 is 9.84 Å². The molecule has 1 heterocycles. The number of hydrogen-bond acceptors (Lipinski definition) is 2. The van der Waals surface area contributed by atoms with Crippen LogP contribution in [0.4, 0.5) is 0 Å². The number of carbonyl (C=O) groups is 1. The van der Waals surface area contributed by atoms with Gasteiger partial charge in [-0.15, -0.1) is 0 Å². The number of rotatable bonds is 3. The summed E-state index contributed by atoms with van der Waals surface area (Å²) in [5, 5.41) is 7.92. The summed E-state index contributed by atoms with van der Waals surface area (Å²) in [7, 11) is 0.508. The average Bonchev–Trinajstić information content (AvgIpc) is 2.18. The van der Waals surface area contributed by atoms with Crippen molar-refractivity contribution < 1.29 is 14.6 Å². The number of ether oxygens (including phenoxy) is 1. The Morgan fingerprint density at radius 3 is 2.15 bits per heavy atom. The lowest BCUT2D eigenvalue weighted by molar-refractivity contribution is -0.142. The van der Waals surface area contributed by atoms with Crippen LogP contribution >= 0.6 is 0 Å². The van der Waals surface area contributed by atoms with Crippen LogP contribution in [-0.2, 0) is 9.53 Å². The Hall–Kier alpha value is -0.353. The van der Waals surface area contributed by atoms with Gasteiger partial charge in [-0.2, -0.15) is 0 Å². The number of hydrogen-bond donors (Lipinski definition) is 1. The molecule has 1 saturated heterocycles. The second-order valence-corrected chi connectivity index (χ2v) is 5.27. The smallest absolute Gasteiger partial charge is 0.329 e. The molecule has 1 N–H and O–H groups in total. The van der Waals surface area contributed by atoms with Crippen LogP contribution in [0.3, 0.4) is 0 Å². The third-order valence-corrected chi connectivity index (χ3v) is 3.93. The predicted octanol–water partition coefficient (Wildman–Crippen LogP) is 1.28. The van der Waals surface area contributed by atoms with Crippen LogP contribution in [0.2, 0.25) is 12.1 Å². The van der Waals surface area contributed by atoms with Crippen LogP contribution in [0.1, 0.15) is 26.2 Å². The molecule has 0 aliphatic carbocycles. The van der Waals surface area contributed by atoms with Gasteiger partial charge >= 0.3 is 5.97 Å². The van der Waals surface area contributed by atoms with Crippen molar-refractivity contribution in [2.24, 2.45) is 0 Å². The molecule has 0 bridgehead atoms. The fourth-order valence-electron chi connectivity index (χ4n) is 1.25. The minimum atomic E-state index is -0.915. The molecule has 3 nitrogen and oxygen atoms in total. The minimum Gasteiger partial charge on any atom is -0.480 e. The Kier molecular flexibility index (Phi) is 9.47. The third-order valence-electron chi connectivity index (χ3n) is 1.93. The lowest BCUT2D eigenvalue weighted by atomic mass is 10.3. The van der Waals surface area contributed by atoms with Gasteiger partial charge in [0.15, 0.2) is 0 Å². The molecule has 0 saturated carbocycles. The number of carboxylic acids is 1. The molecule has 0 aromatic heterocycles. The van der Waals surface area contributed by atoms with Crippen molar-refractivity contribution in [2.75, 3.05) is 13.2 Å². The van der Waals surface area contributed by atoms with Crippen LogP contribution in [-0.4, -0.2) is 33.8 Å². The molecule has 0 spiro atoms. The normalized spacial score (nSPS) is 15.8. The van der Waals surface area contributed by atoms with Crippen LogP contribution in [0.25, 0.3) is 0 Å². The van der Waals surface area contributed by atoms with Crippen molar-refractivity contribution in [3.8, 4) is 0 Å². The van der Waals surface area contributed by atoms with E-state index >= 15 is 0 Å². The van der Waals surface area contributed by atoms with Gasteiger partial charge in [-0.25, -0.2) is 4.79 Å². The van der Waals surface area contributed by atoms with E-state index in [0.717, 1.165) is 0 Å². The zero-order chi connectivity index (χ0) is 9.94. The second-order valence-electron chi connectivity index (χ2n) is 3.15. The van der Waals surface area contributed by atoms with E-state index in [2.05, 4.69) is 4.74 Å². The molecule has 0 unspecified atom stereocenters. The van der Waals surface area contributed by atoms with Gasteiger partial charge in [-0.05, 0) is 6.92 Å². The summed E-state index contributed by atoms with van der Waals surface area (Å²) in [4.78, 5) is 9.63. The van der Waals surface area contributed by atoms with Gasteiger partial charge in [-0.1, -0.05) is 31.4 Å². The molecule has 0 radical (unpaired) electrons. The molecule has 4 heteroatoms. The highest BCUT2D eigenvalue weighted by molar-refractivity contribution is 6.35. The van der Waals surface area contributed by atoms with Crippen molar-refractivity contribution in [1.29, 1.82) is 0 Å². The molecule has 0 aromatic carbocycles. The quantitative estimate of drug-likeness (QED) is 0.705. The summed E-state index contributed by atoms with van der Waals surface area (Å²) in [6.45, 7) is 2.03. The van der Waals surface area contributed by atoms with E-state index in [0.29, 0.717) is 16.1 Å². The van der Waals surface area contributed by atoms with Gasteiger partial charge in [0.1, 0.15) is 6.61 Å². The van der Waals surface area contributed by atoms with Crippen LogP contribution in [0.15, 0.2) is 0 Å². The Bertz CT molecular complexity index is 113. The van der Waals surface area contributed by atoms with E-state index in [1.807, 2.05) is 0 Å². The average molecular weight is 204 g/mol. The fourth-order valence-corrected chi connectivity index (χ4v) is 3.02. The Morgan fingerprint density at radius 2 is 2.00 bits per heavy atom. The molecule has 1 fully saturated rings. The molecule has 0 aromatic rings. The fraction of sp³-hybridized carbons (Fsp3) is 0.889. The third kappa shape index (κ3) is 11.6. The largest absolute Gasteiger partial charge is 0.480 e. The first-order chi connectivity index (χ1) is 6.27. The van der Waals surface area contributed by atoms with Gasteiger partial charge in [0.05, 0.1) is 0 Å². The molecule has 1 aliphatic rings. The first-order valence-corrected chi connectivity index (χ1v) is 7.07. The first-order valence-electron chi connectivity index (χ1n) is 5.07. The van der Waals surface area contributed by atoms with Crippen molar-refractivity contribution >= 4 is 15.5 Å². The monoisotopic (exact) mass is 204 g/mol. The summed E-state index contributed by atoms with van der Waals surface area (Å²) in [6, 6.07) is 3.28. The van der Waals surface area contributed by atoms with Crippen LogP contribution < -0.4 is 0 Å². The molecule has 78 valence electrons. The van der Waals surface area contributed by atoms with E-state index in [-0.39, 0.29) is 6.61 Å². The lowest BCUT2D eigenvalue weighted by Gasteiger charge is -2.04. The van der Waals surface area contributed by atoms with Gasteiger partial charge in [-0.3, -0.25) is 0 Å². The molecule has 13 heavy (non-hydrogen) atoms. The predicted molar refractivity (Wildman–Crippen MR) is 56.1 cm³/mol. The maximum Gasteiger partial charge on any atom is 0.329 e. The standard InChI is InChI=1S/C5H12Si.C4H8O3/c1-2-4-6-5-3-1;1-2-7-3-4(5)6/h1-6H2;2-3H2,1H3,(H,5,6). The van der Waals surface area contributed by atoms with E-state index in [4.69, 9.17) is 5.11 Å². The highest BCUT2D eigenvalue weighted by Crippen LogP contribution is 2.10. The van der Waals surface area contributed by atoms with Crippen LogP contribution in [0, 0.1) is 0 Å². The van der Waals surface area contributed by atoms with Crippen molar-refractivity contribution in [3.05, 3.63) is 0 Å². The zero-order valence-electron chi connectivity index (χ0n) is 8.42. The summed E-state index contributed by atoms with van der Waals surface area (Å²) in [6.07, 6.45) is 4.66. The SMILES string of the molecule is C1CC[SiH2]CC1.CCOCC(=O)O. The van der Waals surface area contributed by atoms with Gasteiger partial charge in [0, 0.05) is 16.1 Å². The minimum absolute atomic E-state index is 0.184. The van der Waals surface area contributed by atoms with E-state index < -0.39 is 5.97 Å². The maximum atomic E-state index is 9.63. The highest BCUT2D eigenvalue weighted by atomic mass is 28.2. The Labute approximate surface area is 82.3 Å². The molecule has 0 amide bonds. The Balaban J connectivity index is 0.000000223. The number of carboxylic acid groups (broad SMARTS) is 1. The van der Waals surface area contributed by atoms with E-state index in [1.54, 1.807) is 31.9 Å². The number of aliphatic carboxylic acids is 1. The van der Waals surface area contributed by atoms with Crippen molar-refractivity contribution in [1.82, 2.24) is 0 Å². The highest BCUT2D eigenvalue weighted by Gasteiger charge is 1.96. The summed E-state index contributed by atoms with van der Waals surface area (Å²) >= 11 is 0. The molecule has 0 atom stereocenters. The van der Waals surface area contributed by atoms with Gasteiger partial charge in [0.2, 0.25) is 0 Å². The second kappa shape index (κ2) is 9.73. The summed E-state index contributed by atoms with van der Waals surface area (Å²) in [5.74, 6) is -0.915. The molecular weight excluding hydrogens is 184 g/mol. The van der Waals surface area contributed by atoms with Crippen molar-refractivity contribution in [2.45, 2.75) is 38.3 Å². The zero-order valence-corrected chi connectivity index (χ0v) is 9.83. The lowest BCUT2D eigenvalue weighted by Crippen LogP contribution is -2.05. The van der Waals surface area contributed by atoms with E-state index in [9.17, 15) is 4.79 Å². The van der Waals surface area contributed by atoms with Crippen molar-refractivity contribution in [3.63, 3.8) is 0 Å². The molecule has 1 rings (SSSR count). The van der Waals surface area contributed by atoms with Crippen LogP contribution in [0.5, 0.6) is 0 Å². The first kappa shape index (κ1) is 12.6. The Morgan fingerprint density at radius 1 is 1.38 bits per heavy atom.